The van der Waals surface area contributed by atoms with Crippen LogP contribution in [0.25, 0.3) is 0 Å². The molecule has 2 rings (SSSR count). The van der Waals surface area contributed by atoms with Crippen LogP contribution >= 0.6 is 22.6 Å². The second-order valence-electron chi connectivity index (χ2n) is 3.62. The van der Waals surface area contributed by atoms with Gasteiger partial charge in [0.1, 0.15) is 0 Å². The Morgan fingerprint density at radius 2 is 2.00 bits per heavy atom. The number of carbonyl (C=O) groups is 1. The smallest absolute Gasteiger partial charge is 0.307 e. The Morgan fingerprint density at radius 1 is 1.28 bits per heavy atom. The van der Waals surface area contributed by atoms with Gasteiger partial charge in [-0.15, -0.1) is 0 Å². The van der Waals surface area contributed by atoms with Gasteiger partial charge in [-0.3, -0.25) is 4.79 Å². The normalized spacial score (nSPS) is 11.3. The number of furan rings is 1. The molecule has 0 aliphatic rings. The van der Waals surface area contributed by atoms with Crippen LogP contribution in [0.15, 0.2) is 52.2 Å². The number of hydrogen-bond acceptors (Lipinski definition) is 3. The van der Waals surface area contributed by atoms with Gasteiger partial charge < -0.3 is 4.42 Å². The molecule has 1 amide bonds. The SMILES string of the molecule is C/C(=N\NC(=O)c1ccco1)c1ccc(I)cc1. The van der Waals surface area contributed by atoms with Gasteiger partial charge >= 0.3 is 5.91 Å². The molecule has 2 aromatic rings. The molecule has 5 heteroatoms. The predicted molar refractivity (Wildman–Crippen MR) is 77.5 cm³/mol. The maximum Gasteiger partial charge on any atom is 0.307 e. The minimum Gasteiger partial charge on any atom is -0.459 e. The topological polar surface area (TPSA) is 54.6 Å². The van der Waals surface area contributed by atoms with Crippen molar-refractivity contribution in [3.63, 3.8) is 0 Å². The summed E-state index contributed by atoms with van der Waals surface area (Å²) in [5.74, 6) is -0.112. The quantitative estimate of drug-likeness (QED) is 0.523. The third kappa shape index (κ3) is 3.19. The van der Waals surface area contributed by atoms with Crippen LogP contribution in [0.5, 0.6) is 0 Å². The van der Waals surface area contributed by atoms with Crippen molar-refractivity contribution in [2.24, 2.45) is 5.10 Å². The number of benzene rings is 1. The average Bonchev–Trinajstić information content (AvgIpc) is 2.90. The molecule has 0 aliphatic heterocycles. The highest BCUT2D eigenvalue weighted by molar-refractivity contribution is 14.1. The fourth-order valence-corrected chi connectivity index (χ4v) is 1.71. The molecule has 0 unspecified atom stereocenters. The third-order valence-electron chi connectivity index (χ3n) is 2.33. The zero-order chi connectivity index (χ0) is 13.0. The molecular weight excluding hydrogens is 343 g/mol. The summed E-state index contributed by atoms with van der Waals surface area (Å²) in [6.45, 7) is 1.84. The monoisotopic (exact) mass is 354 g/mol. The summed E-state index contributed by atoms with van der Waals surface area (Å²) in [7, 11) is 0. The molecule has 0 atom stereocenters. The summed E-state index contributed by atoms with van der Waals surface area (Å²) >= 11 is 2.24. The van der Waals surface area contributed by atoms with Crippen LogP contribution < -0.4 is 5.43 Å². The van der Waals surface area contributed by atoms with Crippen LogP contribution in [0, 0.1) is 3.57 Å². The van der Waals surface area contributed by atoms with Crippen molar-refractivity contribution in [3.05, 3.63) is 57.6 Å². The van der Waals surface area contributed by atoms with E-state index in [9.17, 15) is 4.79 Å². The number of nitrogens with one attached hydrogen (secondary N) is 1. The maximum absolute atomic E-state index is 11.6. The molecule has 0 saturated heterocycles. The van der Waals surface area contributed by atoms with E-state index in [1.165, 1.54) is 6.26 Å². The van der Waals surface area contributed by atoms with Crippen LogP contribution in [0.3, 0.4) is 0 Å². The zero-order valence-electron chi connectivity index (χ0n) is 9.68. The molecule has 1 N–H and O–H groups in total. The summed E-state index contributed by atoms with van der Waals surface area (Å²) in [6.07, 6.45) is 1.45. The Bertz CT molecular complexity index is 559. The van der Waals surface area contributed by atoms with E-state index in [0.29, 0.717) is 0 Å². The minimum absolute atomic E-state index is 0.245. The van der Waals surface area contributed by atoms with E-state index >= 15 is 0 Å². The number of hydrazone groups is 1. The van der Waals surface area contributed by atoms with Gasteiger partial charge in [0.15, 0.2) is 5.76 Å². The highest BCUT2D eigenvalue weighted by Gasteiger charge is 2.07. The first-order valence-electron chi connectivity index (χ1n) is 5.31. The lowest BCUT2D eigenvalue weighted by atomic mass is 10.1. The van der Waals surface area contributed by atoms with E-state index in [1.54, 1.807) is 12.1 Å². The predicted octanol–water partition coefficient (Wildman–Crippen LogP) is 3.04. The highest BCUT2D eigenvalue weighted by Crippen LogP contribution is 2.07. The lowest BCUT2D eigenvalue weighted by Crippen LogP contribution is -2.18. The number of nitrogens with zero attached hydrogens (tertiary/aromatic N) is 1. The molecule has 92 valence electrons. The molecule has 1 heterocycles. The first-order valence-corrected chi connectivity index (χ1v) is 6.39. The maximum atomic E-state index is 11.6. The molecule has 0 saturated carbocycles. The second kappa shape index (κ2) is 5.81. The molecule has 18 heavy (non-hydrogen) atoms. The molecule has 1 aromatic heterocycles. The van der Waals surface area contributed by atoms with Crippen LogP contribution in [-0.4, -0.2) is 11.6 Å². The molecule has 4 nitrogen and oxygen atoms in total. The molecule has 1 aromatic carbocycles. The van der Waals surface area contributed by atoms with E-state index in [4.69, 9.17) is 4.42 Å². The van der Waals surface area contributed by atoms with Gasteiger partial charge in [-0.05, 0) is 59.3 Å². The number of hydrogen-bond donors (Lipinski definition) is 1. The average molecular weight is 354 g/mol. The van der Waals surface area contributed by atoms with Gasteiger partial charge in [-0.25, -0.2) is 5.43 Å². The number of carbonyl (C=O) groups excluding carboxylic acids is 1. The largest absolute Gasteiger partial charge is 0.459 e. The second-order valence-corrected chi connectivity index (χ2v) is 4.87. The third-order valence-corrected chi connectivity index (χ3v) is 3.05. The lowest BCUT2D eigenvalue weighted by Gasteiger charge is -2.01. The number of halogens is 1. The first-order chi connectivity index (χ1) is 8.66. The van der Waals surface area contributed by atoms with E-state index < -0.39 is 0 Å². The fourth-order valence-electron chi connectivity index (χ4n) is 1.35. The summed E-state index contributed by atoms with van der Waals surface area (Å²) in [5, 5.41) is 4.03. The molecule has 0 radical (unpaired) electrons. The molecule has 0 bridgehead atoms. The molecular formula is C13H11IN2O2. The van der Waals surface area contributed by atoms with E-state index in [-0.39, 0.29) is 11.7 Å². The first kappa shape index (κ1) is 12.8. The van der Waals surface area contributed by atoms with Gasteiger partial charge in [-0.2, -0.15) is 5.10 Å². The highest BCUT2D eigenvalue weighted by atomic mass is 127. The summed E-state index contributed by atoms with van der Waals surface area (Å²) in [5.41, 5.74) is 4.16. The molecule has 0 spiro atoms. The van der Waals surface area contributed by atoms with Gasteiger partial charge in [0.05, 0.1) is 12.0 Å². The van der Waals surface area contributed by atoms with Crippen LogP contribution in [0.1, 0.15) is 23.0 Å². The molecule has 0 aliphatic carbocycles. The number of rotatable bonds is 3. The van der Waals surface area contributed by atoms with Crippen molar-refractivity contribution in [2.75, 3.05) is 0 Å². The zero-order valence-corrected chi connectivity index (χ0v) is 11.8. The van der Waals surface area contributed by atoms with Gasteiger partial charge in [0, 0.05) is 3.57 Å². The van der Waals surface area contributed by atoms with Crippen molar-refractivity contribution < 1.29 is 9.21 Å². The Hall–Kier alpha value is -1.63. The van der Waals surface area contributed by atoms with Crippen molar-refractivity contribution in [1.29, 1.82) is 0 Å². The Labute approximate surface area is 118 Å². The standard InChI is InChI=1S/C13H11IN2O2/c1-9(10-4-6-11(14)7-5-10)15-16-13(17)12-3-2-8-18-12/h2-8H,1H3,(H,16,17)/b15-9+. The Kier molecular flexibility index (Phi) is 4.14. The summed E-state index contributed by atoms with van der Waals surface area (Å²) in [6, 6.07) is 11.1. The van der Waals surface area contributed by atoms with Crippen molar-refractivity contribution >= 4 is 34.2 Å². The van der Waals surface area contributed by atoms with Gasteiger partial charge in [0.25, 0.3) is 0 Å². The van der Waals surface area contributed by atoms with Crippen LogP contribution in [0.4, 0.5) is 0 Å². The van der Waals surface area contributed by atoms with Crippen molar-refractivity contribution in [1.82, 2.24) is 5.43 Å². The van der Waals surface area contributed by atoms with Gasteiger partial charge in [-0.1, -0.05) is 12.1 Å². The lowest BCUT2D eigenvalue weighted by molar-refractivity contribution is 0.0927. The minimum atomic E-state index is -0.357. The van der Waals surface area contributed by atoms with Crippen LogP contribution in [-0.2, 0) is 0 Å². The van der Waals surface area contributed by atoms with E-state index in [0.717, 1.165) is 14.8 Å². The Balaban J connectivity index is 2.05. The summed E-state index contributed by atoms with van der Waals surface area (Å²) < 4.78 is 6.12. The van der Waals surface area contributed by atoms with E-state index in [2.05, 4.69) is 33.1 Å². The fraction of sp³-hybridized carbons (Fsp3) is 0.0769. The van der Waals surface area contributed by atoms with E-state index in [1.807, 2.05) is 31.2 Å². The molecule has 0 fully saturated rings. The Morgan fingerprint density at radius 3 is 2.61 bits per heavy atom. The van der Waals surface area contributed by atoms with Crippen LogP contribution in [0.2, 0.25) is 0 Å². The van der Waals surface area contributed by atoms with Crippen molar-refractivity contribution in [2.45, 2.75) is 6.92 Å². The van der Waals surface area contributed by atoms with Gasteiger partial charge in [0.2, 0.25) is 0 Å². The number of amides is 1. The summed E-state index contributed by atoms with van der Waals surface area (Å²) in [4.78, 5) is 11.6. The van der Waals surface area contributed by atoms with Crippen molar-refractivity contribution in [3.8, 4) is 0 Å².